The van der Waals surface area contributed by atoms with Crippen molar-refractivity contribution in [1.29, 1.82) is 0 Å². The summed E-state index contributed by atoms with van der Waals surface area (Å²) in [6, 6.07) is 15.0. The van der Waals surface area contributed by atoms with Crippen LogP contribution in [0.1, 0.15) is 68.2 Å². The molecule has 3 rings (SSSR count). The van der Waals surface area contributed by atoms with Crippen LogP contribution in [-0.4, -0.2) is 6.21 Å². The minimum atomic E-state index is 0.452. The second-order valence-corrected chi connectivity index (χ2v) is 7.40. The van der Waals surface area contributed by atoms with E-state index in [1.807, 2.05) is 6.21 Å². The largest absolute Gasteiger partial charge is 0.278 e. The van der Waals surface area contributed by atoms with E-state index in [1.54, 1.807) is 0 Å². The van der Waals surface area contributed by atoms with Crippen molar-refractivity contribution in [2.75, 3.05) is 5.43 Å². The molecule has 0 saturated carbocycles. The first-order chi connectivity index (χ1) is 12.6. The number of hydrogen-bond acceptors (Lipinski definition) is 2. The molecule has 1 aliphatic rings. The fourth-order valence-corrected chi connectivity index (χ4v) is 3.40. The molecule has 0 amide bonds. The first kappa shape index (κ1) is 18.2. The van der Waals surface area contributed by atoms with Crippen molar-refractivity contribution in [1.82, 2.24) is 0 Å². The van der Waals surface area contributed by atoms with E-state index in [-0.39, 0.29) is 0 Å². The van der Waals surface area contributed by atoms with Crippen LogP contribution >= 0.6 is 0 Å². The summed E-state index contributed by atoms with van der Waals surface area (Å²) in [5.41, 5.74) is 10.9. The van der Waals surface area contributed by atoms with Crippen molar-refractivity contribution in [3.8, 4) is 0 Å². The molecule has 0 atom stereocenters. The highest BCUT2D eigenvalue weighted by atomic mass is 15.3. The Morgan fingerprint density at radius 3 is 2.23 bits per heavy atom. The fourth-order valence-electron chi connectivity index (χ4n) is 3.40. The average molecular weight is 345 g/mol. The summed E-state index contributed by atoms with van der Waals surface area (Å²) in [6.45, 7) is 8.90. The van der Waals surface area contributed by atoms with Crippen molar-refractivity contribution in [3.63, 3.8) is 0 Å². The van der Waals surface area contributed by atoms with Crippen molar-refractivity contribution in [2.45, 2.75) is 46.0 Å². The molecule has 134 valence electrons. The van der Waals surface area contributed by atoms with Gasteiger partial charge in [-0.15, -0.1) is 0 Å². The van der Waals surface area contributed by atoms with E-state index < -0.39 is 0 Å². The third-order valence-corrected chi connectivity index (χ3v) is 4.83. The van der Waals surface area contributed by atoms with Gasteiger partial charge >= 0.3 is 0 Å². The van der Waals surface area contributed by atoms with E-state index in [1.165, 1.54) is 22.3 Å². The number of nitrogens with zero attached hydrogens (tertiary/aromatic N) is 1. The smallest absolute Gasteiger partial charge is 0.0630 e. The normalized spacial score (nSPS) is 13.8. The van der Waals surface area contributed by atoms with Crippen LogP contribution in [0, 0.1) is 0 Å². The molecule has 0 heterocycles. The van der Waals surface area contributed by atoms with Crippen molar-refractivity contribution >= 4 is 17.5 Å². The number of anilines is 1. The minimum Gasteiger partial charge on any atom is -0.278 e. The Labute approximate surface area is 157 Å². The molecule has 1 aliphatic carbocycles. The SMILES string of the molecule is CC(C)c1cccc(C(C)C)c1N/N=C/c1ccccc1C1=CC=CC1. The Bertz CT molecular complexity index is 828. The third kappa shape index (κ3) is 3.96. The molecule has 2 aromatic rings. The molecule has 2 nitrogen and oxygen atoms in total. The lowest BCUT2D eigenvalue weighted by molar-refractivity contribution is 0.835. The van der Waals surface area contributed by atoms with Gasteiger partial charge < -0.3 is 0 Å². The molecule has 0 unspecified atom stereocenters. The van der Waals surface area contributed by atoms with E-state index in [0.717, 1.165) is 17.7 Å². The highest BCUT2D eigenvalue weighted by Gasteiger charge is 2.13. The highest BCUT2D eigenvalue weighted by molar-refractivity contribution is 5.90. The van der Waals surface area contributed by atoms with Gasteiger partial charge in [0.1, 0.15) is 0 Å². The number of rotatable bonds is 6. The number of allylic oxidation sites excluding steroid dienone is 4. The Hall–Kier alpha value is -2.61. The van der Waals surface area contributed by atoms with Gasteiger partial charge in [-0.2, -0.15) is 5.10 Å². The zero-order valence-corrected chi connectivity index (χ0v) is 16.2. The number of hydrazone groups is 1. The second kappa shape index (κ2) is 8.18. The Balaban J connectivity index is 1.88. The van der Waals surface area contributed by atoms with Gasteiger partial charge in [0.25, 0.3) is 0 Å². The average Bonchev–Trinajstić information content (AvgIpc) is 3.16. The zero-order chi connectivity index (χ0) is 18.5. The van der Waals surface area contributed by atoms with E-state index in [0.29, 0.717) is 11.8 Å². The second-order valence-electron chi connectivity index (χ2n) is 7.40. The van der Waals surface area contributed by atoms with E-state index in [4.69, 9.17) is 0 Å². The molecule has 0 aliphatic heterocycles. The summed E-state index contributed by atoms with van der Waals surface area (Å²) in [7, 11) is 0. The van der Waals surface area contributed by atoms with Crippen LogP contribution in [0.5, 0.6) is 0 Å². The quantitative estimate of drug-likeness (QED) is 0.456. The number of nitrogens with one attached hydrogen (secondary N) is 1. The Morgan fingerprint density at radius 2 is 1.62 bits per heavy atom. The first-order valence-electron chi connectivity index (χ1n) is 9.45. The topological polar surface area (TPSA) is 24.4 Å². The van der Waals surface area contributed by atoms with Crippen LogP contribution in [0.2, 0.25) is 0 Å². The lowest BCUT2D eigenvalue weighted by Gasteiger charge is -2.18. The van der Waals surface area contributed by atoms with Crippen molar-refractivity contribution in [3.05, 3.63) is 82.9 Å². The summed E-state index contributed by atoms with van der Waals surface area (Å²) in [6.07, 6.45) is 9.43. The fraction of sp³-hybridized carbons (Fsp3) is 0.292. The van der Waals surface area contributed by atoms with Crippen LogP contribution in [0.15, 0.2) is 65.8 Å². The summed E-state index contributed by atoms with van der Waals surface area (Å²) in [5.74, 6) is 0.904. The van der Waals surface area contributed by atoms with E-state index in [9.17, 15) is 0 Å². The lowest BCUT2D eigenvalue weighted by Crippen LogP contribution is -2.04. The molecule has 0 saturated heterocycles. The zero-order valence-electron chi connectivity index (χ0n) is 16.2. The predicted octanol–water partition coefficient (Wildman–Crippen LogP) is 6.72. The molecule has 2 heteroatoms. The minimum absolute atomic E-state index is 0.452. The van der Waals surface area contributed by atoms with Gasteiger partial charge in [-0.25, -0.2) is 0 Å². The van der Waals surface area contributed by atoms with Gasteiger partial charge in [0.2, 0.25) is 0 Å². The molecule has 1 N–H and O–H groups in total. The van der Waals surface area contributed by atoms with Gasteiger partial charge in [0.15, 0.2) is 0 Å². The molecular formula is C24H28N2. The summed E-state index contributed by atoms with van der Waals surface area (Å²) in [5, 5.41) is 4.61. The van der Waals surface area contributed by atoms with Gasteiger partial charge in [-0.05, 0) is 40.5 Å². The molecule has 0 fully saturated rings. The summed E-state index contributed by atoms with van der Waals surface area (Å²) in [4.78, 5) is 0. The molecule has 0 aromatic heterocycles. The molecule has 0 bridgehead atoms. The molecule has 0 spiro atoms. The molecule has 2 aromatic carbocycles. The number of para-hydroxylation sites is 1. The Kier molecular flexibility index (Phi) is 5.72. The summed E-state index contributed by atoms with van der Waals surface area (Å²) < 4.78 is 0. The van der Waals surface area contributed by atoms with Crippen LogP contribution in [0.4, 0.5) is 5.69 Å². The molecule has 0 radical (unpaired) electrons. The third-order valence-electron chi connectivity index (χ3n) is 4.83. The summed E-state index contributed by atoms with van der Waals surface area (Å²) >= 11 is 0. The van der Waals surface area contributed by atoms with E-state index >= 15 is 0 Å². The standard InChI is InChI=1S/C24H28N2/c1-17(2)21-14-9-15-22(18(3)4)24(21)26-25-16-20-12-7-8-13-23(20)19-10-5-6-11-19/h5-10,12-18,26H,11H2,1-4H3/b25-16+. The van der Waals surface area contributed by atoms with Crippen molar-refractivity contribution in [2.24, 2.45) is 5.10 Å². The maximum Gasteiger partial charge on any atom is 0.0630 e. The Morgan fingerprint density at radius 1 is 0.923 bits per heavy atom. The number of benzene rings is 2. The van der Waals surface area contributed by atoms with Crippen molar-refractivity contribution < 1.29 is 0 Å². The predicted molar refractivity (Wildman–Crippen MR) is 114 cm³/mol. The molecule has 26 heavy (non-hydrogen) atoms. The van der Waals surface area contributed by atoms with Crippen LogP contribution in [-0.2, 0) is 0 Å². The van der Waals surface area contributed by atoms with Crippen LogP contribution < -0.4 is 5.43 Å². The highest BCUT2D eigenvalue weighted by Crippen LogP contribution is 2.32. The van der Waals surface area contributed by atoms with Crippen LogP contribution in [0.3, 0.4) is 0 Å². The van der Waals surface area contributed by atoms with Gasteiger partial charge in [-0.3, -0.25) is 5.43 Å². The lowest BCUT2D eigenvalue weighted by atomic mass is 9.93. The van der Waals surface area contributed by atoms with Gasteiger partial charge in [-0.1, -0.05) is 88.4 Å². The van der Waals surface area contributed by atoms with Crippen LogP contribution in [0.25, 0.3) is 5.57 Å². The molecular weight excluding hydrogens is 316 g/mol. The van der Waals surface area contributed by atoms with Gasteiger partial charge in [0, 0.05) is 5.56 Å². The maximum atomic E-state index is 4.61. The monoisotopic (exact) mass is 344 g/mol. The first-order valence-corrected chi connectivity index (χ1v) is 9.45. The maximum absolute atomic E-state index is 4.61. The van der Waals surface area contributed by atoms with E-state index in [2.05, 4.69) is 98.9 Å². The van der Waals surface area contributed by atoms with Gasteiger partial charge in [0.05, 0.1) is 11.9 Å². The number of hydrogen-bond donors (Lipinski definition) is 1.